The van der Waals surface area contributed by atoms with Crippen LogP contribution in [0.4, 0.5) is 4.39 Å². The summed E-state index contributed by atoms with van der Waals surface area (Å²) in [6, 6.07) is 7.75. The monoisotopic (exact) mass is 235 g/mol. The molecule has 0 aliphatic heterocycles. The Kier molecular flexibility index (Phi) is 2.97. The van der Waals surface area contributed by atoms with Gasteiger partial charge in [0.15, 0.2) is 6.29 Å². The Morgan fingerprint density at radius 3 is 2.62 bits per heavy atom. The Morgan fingerprint density at radius 1 is 1.25 bits per heavy atom. The summed E-state index contributed by atoms with van der Waals surface area (Å²) in [5.41, 5.74) is 1.71. The molecule has 0 saturated heterocycles. The van der Waals surface area contributed by atoms with Crippen LogP contribution in [0.25, 0.3) is 11.3 Å². The Morgan fingerprint density at radius 2 is 2.06 bits per heavy atom. The lowest BCUT2D eigenvalue weighted by Gasteiger charge is -2.01. The zero-order chi connectivity index (χ0) is 11.5. The minimum Gasteiger partial charge on any atom is -0.298 e. The number of benzene rings is 1. The second-order valence-corrected chi connectivity index (χ2v) is 3.63. The van der Waals surface area contributed by atoms with Gasteiger partial charge in [-0.05, 0) is 24.3 Å². The summed E-state index contributed by atoms with van der Waals surface area (Å²) in [4.78, 5) is 14.5. The van der Waals surface area contributed by atoms with E-state index in [1.165, 1.54) is 18.3 Å². The van der Waals surface area contributed by atoms with Crippen molar-refractivity contribution < 1.29 is 9.18 Å². The molecule has 80 valence electrons. The van der Waals surface area contributed by atoms with Gasteiger partial charge in [-0.15, -0.1) is 0 Å². The van der Waals surface area contributed by atoms with E-state index in [1.807, 2.05) is 0 Å². The molecule has 0 atom stereocenters. The van der Waals surface area contributed by atoms with Crippen LogP contribution in [-0.4, -0.2) is 11.3 Å². The van der Waals surface area contributed by atoms with Gasteiger partial charge >= 0.3 is 0 Å². The van der Waals surface area contributed by atoms with Crippen LogP contribution in [-0.2, 0) is 0 Å². The number of hydrogen-bond acceptors (Lipinski definition) is 2. The van der Waals surface area contributed by atoms with Gasteiger partial charge in [-0.1, -0.05) is 17.7 Å². The number of carbonyl (C=O) groups excluding carboxylic acids is 1. The van der Waals surface area contributed by atoms with Crippen molar-refractivity contribution in [3.63, 3.8) is 0 Å². The van der Waals surface area contributed by atoms with Gasteiger partial charge in [0.25, 0.3) is 0 Å². The first-order valence-corrected chi connectivity index (χ1v) is 4.95. The first kappa shape index (κ1) is 10.8. The molecule has 0 unspecified atom stereocenters. The smallest absolute Gasteiger partial charge is 0.151 e. The zero-order valence-electron chi connectivity index (χ0n) is 8.15. The Balaban J connectivity index is 2.42. The third kappa shape index (κ3) is 2.09. The number of aldehydes is 1. The predicted molar refractivity (Wildman–Crippen MR) is 60.0 cm³/mol. The number of aromatic nitrogens is 1. The molecular formula is C12H7ClFNO. The van der Waals surface area contributed by atoms with Crippen LogP contribution < -0.4 is 0 Å². The average Bonchev–Trinajstić information content (AvgIpc) is 2.33. The number of nitrogens with zero attached hydrogens (tertiary/aromatic N) is 1. The molecule has 16 heavy (non-hydrogen) atoms. The van der Waals surface area contributed by atoms with Crippen molar-refractivity contribution in [2.45, 2.75) is 0 Å². The van der Waals surface area contributed by atoms with E-state index < -0.39 is 5.82 Å². The van der Waals surface area contributed by atoms with Crippen LogP contribution in [0.1, 0.15) is 10.4 Å². The third-order valence-electron chi connectivity index (χ3n) is 2.14. The molecular weight excluding hydrogens is 229 g/mol. The molecule has 0 aliphatic carbocycles. The highest BCUT2D eigenvalue weighted by Crippen LogP contribution is 2.22. The van der Waals surface area contributed by atoms with E-state index in [0.29, 0.717) is 23.1 Å². The predicted octanol–water partition coefficient (Wildman–Crippen LogP) is 3.35. The van der Waals surface area contributed by atoms with E-state index in [2.05, 4.69) is 4.98 Å². The highest BCUT2D eigenvalue weighted by molar-refractivity contribution is 6.30. The normalized spacial score (nSPS) is 10.1. The Hall–Kier alpha value is -1.74. The number of hydrogen-bond donors (Lipinski definition) is 0. The summed E-state index contributed by atoms with van der Waals surface area (Å²) in [5, 5.41) is 0.0771. The van der Waals surface area contributed by atoms with Crippen LogP contribution in [0.15, 0.2) is 36.5 Å². The molecule has 0 spiro atoms. The van der Waals surface area contributed by atoms with Gasteiger partial charge in [0, 0.05) is 17.3 Å². The number of pyridine rings is 1. The summed E-state index contributed by atoms with van der Waals surface area (Å²) < 4.78 is 13.2. The van der Waals surface area contributed by atoms with Crippen LogP contribution in [0.5, 0.6) is 0 Å². The fourth-order valence-corrected chi connectivity index (χ4v) is 1.42. The number of carbonyl (C=O) groups is 1. The maximum atomic E-state index is 13.2. The molecule has 0 radical (unpaired) electrons. The van der Waals surface area contributed by atoms with E-state index >= 15 is 0 Å². The van der Waals surface area contributed by atoms with E-state index in [0.717, 1.165) is 0 Å². The molecule has 2 nitrogen and oxygen atoms in total. The van der Waals surface area contributed by atoms with Gasteiger partial charge in [-0.3, -0.25) is 9.78 Å². The molecule has 1 aromatic heterocycles. The molecule has 2 rings (SSSR count). The molecule has 0 amide bonds. The highest BCUT2D eigenvalue weighted by Gasteiger charge is 2.04. The SMILES string of the molecule is O=Cc1ccc(-c2ccc(Cl)c(F)c2)nc1. The highest BCUT2D eigenvalue weighted by atomic mass is 35.5. The van der Waals surface area contributed by atoms with Crippen LogP contribution >= 0.6 is 11.6 Å². The van der Waals surface area contributed by atoms with Crippen LogP contribution in [0.2, 0.25) is 5.02 Å². The van der Waals surface area contributed by atoms with E-state index in [1.54, 1.807) is 18.2 Å². The fraction of sp³-hybridized carbons (Fsp3) is 0. The minimum absolute atomic E-state index is 0.0771. The van der Waals surface area contributed by atoms with Crippen molar-refractivity contribution in [3.05, 3.63) is 52.9 Å². The number of halogens is 2. The number of rotatable bonds is 2. The maximum Gasteiger partial charge on any atom is 0.151 e. The van der Waals surface area contributed by atoms with Crippen molar-refractivity contribution in [1.29, 1.82) is 0 Å². The van der Waals surface area contributed by atoms with Gasteiger partial charge in [-0.2, -0.15) is 0 Å². The molecule has 0 N–H and O–H groups in total. The van der Waals surface area contributed by atoms with Gasteiger partial charge in [0.1, 0.15) is 5.82 Å². The Bertz CT molecular complexity index is 525. The largest absolute Gasteiger partial charge is 0.298 e. The summed E-state index contributed by atoms with van der Waals surface area (Å²) in [5.74, 6) is -0.486. The van der Waals surface area contributed by atoms with Crippen molar-refractivity contribution in [1.82, 2.24) is 4.98 Å². The summed E-state index contributed by atoms with van der Waals surface area (Å²) in [6.07, 6.45) is 2.15. The lowest BCUT2D eigenvalue weighted by atomic mass is 10.1. The first-order chi connectivity index (χ1) is 7.70. The van der Waals surface area contributed by atoms with E-state index in [-0.39, 0.29) is 5.02 Å². The molecule has 4 heteroatoms. The molecule has 0 bridgehead atoms. The Labute approximate surface area is 96.7 Å². The maximum absolute atomic E-state index is 13.2. The lowest BCUT2D eigenvalue weighted by Crippen LogP contribution is -1.87. The zero-order valence-corrected chi connectivity index (χ0v) is 8.91. The van der Waals surface area contributed by atoms with Crippen LogP contribution in [0.3, 0.4) is 0 Å². The van der Waals surface area contributed by atoms with Crippen LogP contribution in [0, 0.1) is 5.82 Å². The topological polar surface area (TPSA) is 30.0 Å². The van der Waals surface area contributed by atoms with Gasteiger partial charge < -0.3 is 0 Å². The standard InChI is InChI=1S/C12H7ClFNO/c13-10-3-2-9(5-11(10)14)12-4-1-8(7-16)6-15-12/h1-7H. The summed E-state index contributed by atoms with van der Waals surface area (Å²) in [6.45, 7) is 0. The van der Waals surface area contributed by atoms with Crippen molar-refractivity contribution in [3.8, 4) is 11.3 Å². The second-order valence-electron chi connectivity index (χ2n) is 3.22. The molecule has 0 aliphatic rings. The molecule has 1 aromatic carbocycles. The molecule has 2 aromatic rings. The molecule has 0 saturated carbocycles. The quantitative estimate of drug-likeness (QED) is 0.747. The second kappa shape index (κ2) is 4.41. The van der Waals surface area contributed by atoms with E-state index in [4.69, 9.17) is 11.6 Å². The van der Waals surface area contributed by atoms with Crippen molar-refractivity contribution in [2.24, 2.45) is 0 Å². The van der Waals surface area contributed by atoms with Crippen molar-refractivity contribution >= 4 is 17.9 Å². The van der Waals surface area contributed by atoms with Gasteiger partial charge in [0.05, 0.1) is 10.7 Å². The average molecular weight is 236 g/mol. The van der Waals surface area contributed by atoms with Crippen molar-refractivity contribution in [2.75, 3.05) is 0 Å². The fourth-order valence-electron chi connectivity index (χ4n) is 1.30. The van der Waals surface area contributed by atoms with E-state index in [9.17, 15) is 9.18 Å². The van der Waals surface area contributed by atoms with Gasteiger partial charge in [-0.25, -0.2) is 4.39 Å². The summed E-state index contributed by atoms with van der Waals surface area (Å²) in [7, 11) is 0. The van der Waals surface area contributed by atoms with Gasteiger partial charge in [0.2, 0.25) is 0 Å². The lowest BCUT2D eigenvalue weighted by molar-refractivity contribution is 0.112. The summed E-state index contributed by atoms with van der Waals surface area (Å²) >= 11 is 5.57. The third-order valence-corrected chi connectivity index (χ3v) is 2.44. The molecule has 1 heterocycles. The first-order valence-electron chi connectivity index (χ1n) is 4.57. The molecule has 0 fully saturated rings. The minimum atomic E-state index is -0.486.